The second-order valence-corrected chi connectivity index (χ2v) is 7.78. The molecular formula is C16H29N5O7S2. The van der Waals surface area contributed by atoms with Crippen molar-refractivity contribution in [3.8, 4) is 0 Å². The summed E-state index contributed by atoms with van der Waals surface area (Å²) in [5, 5.41) is 25.4. The lowest BCUT2D eigenvalue weighted by molar-refractivity contribution is -0.145. The van der Waals surface area contributed by atoms with Gasteiger partial charge in [-0.05, 0) is 25.4 Å². The van der Waals surface area contributed by atoms with Crippen molar-refractivity contribution in [2.24, 2.45) is 11.5 Å². The molecule has 5 atom stereocenters. The van der Waals surface area contributed by atoms with Crippen LogP contribution in [-0.4, -0.2) is 87.8 Å². The third-order valence-electron chi connectivity index (χ3n) is 3.86. The van der Waals surface area contributed by atoms with Crippen LogP contribution in [0.2, 0.25) is 0 Å². The quantitative estimate of drug-likeness (QED) is 0.120. The molecule has 0 saturated carbocycles. The van der Waals surface area contributed by atoms with Crippen molar-refractivity contribution in [2.45, 2.75) is 50.0 Å². The first-order valence-electron chi connectivity index (χ1n) is 8.90. The van der Waals surface area contributed by atoms with Crippen LogP contribution in [0, 0.1) is 0 Å². The van der Waals surface area contributed by atoms with E-state index in [1.54, 1.807) is 6.26 Å². The number of carbonyl (C=O) groups is 5. The number of hydrogen-bond donors (Lipinski definition) is 8. The Balaban J connectivity index is 5.43. The molecule has 0 radical (unpaired) electrons. The number of hydrogen-bond acceptors (Lipinski definition) is 9. The molecule has 0 bridgehead atoms. The van der Waals surface area contributed by atoms with Gasteiger partial charge in [-0.3, -0.25) is 19.2 Å². The van der Waals surface area contributed by atoms with Gasteiger partial charge in [0.05, 0.1) is 18.6 Å². The number of aliphatic hydroxyl groups excluding tert-OH is 1. The summed E-state index contributed by atoms with van der Waals surface area (Å²) in [6, 6.07) is -5.19. The van der Waals surface area contributed by atoms with Gasteiger partial charge in [0.2, 0.25) is 23.6 Å². The zero-order valence-electron chi connectivity index (χ0n) is 16.7. The SMILES string of the molecule is CSCCC(NC(=O)C(N)CS)C(=O)NC(CC(N)=O)C(=O)NC(C(=O)O)C(C)O. The Hall–Kier alpha value is -2.03. The summed E-state index contributed by atoms with van der Waals surface area (Å²) in [5.41, 5.74) is 10.7. The number of thiol groups is 1. The predicted octanol–water partition coefficient (Wildman–Crippen LogP) is -3.21. The van der Waals surface area contributed by atoms with Crippen LogP contribution in [0.3, 0.4) is 0 Å². The number of thioether (sulfide) groups is 1. The number of aliphatic carboxylic acids is 1. The van der Waals surface area contributed by atoms with Gasteiger partial charge in [-0.15, -0.1) is 0 Å². The van der Waals surface area contributed by atoms with Crippen molar-refractivity contribution in [1.29, 1.82) is 0 Å². The van der Waals surface area contributed by atoms with E-state index >= 15 is 0 Å². The number of carboxylic acids is 1. The van der Waals surface area contributed by atoms with Crippen molar-refractivity contribution in [1.82, 2.24) is 16.0 Å². The van der Waals surface area contributed by atoms with E-state index in [2.05, 4.69) is 23.3 Å². The van der Waals surface area contributed by atoms with Crippen molar-refractivity contribution in [3.63, 3.8) is 0 Å². The third kappa shape index (κ3) is 10.1. The second-order valence-electron chi connectivity index (χ2n) is 6.43. The molecule has 0 heterocycles. The molecule has 0 saturated heterocycles. The lowest BCUT2D eigenvalue weighted by atomic mass is 10.1. The molecule has 14 heteroatoms. The number of nitrogens with one attached hydrogen (secondary N) is 3. The summed E-state index contributed by atoms with van der Waals surface area (Å²) in [6.07, 6.45) is -0.0632. The largest absolute Gasteiger partial charge is 0.480 e. The number of amides is 4. The van der Waals surface area contributed by atoms with E-state index in [4.69, 9.17) is 16.6 Å². The summed E-state index contributed by atoms with van der Waals surface area (Å²) in [4.78, 5) is 59.6. The van der Waals surface area contributed by atoms with Gasteiger partial charge < -0.3 is 37.6 Å². The number of primary amides is 1. The van der Waals surface area contributed by atoms with E-state index < -0.39 is 66.3 Å². The van der Waals surface area contributed by atoms with Crippen LogP contribution in [0.5, 0.6) is 0 Å². The Morgan fingerprint density at radius 1 is 1.03 bits per heavy atom. The van der Waals surface area contributed by atoms with Gasteiger partial charge >= 0.3 is 5.97 Å². The normalized spacial score (nSPS) is 15.8. The Labute approximate surface area is 183 Å². The Kier molecular flexibility index (Phi) is 13.1. The molecule has 4 amide bonds. The van der Waals surface area contributed by atoms with Crippen molar-refractivity contribution in [2.75, 3.05) is 17.8 Å². The second kappa shape index (κ2) is 14.1. The molecule has 0 aromatic heterocycles. The Morgan fingerprint density at radius 2 is 1.57 bits per heavy atom. The van der Waals surface area contributed by atoms with Crippen LogP contribution in [0.1, 0.15) is 19.8 Å². The van der Waals surface area contributed by atoms with E-state index in [1.165, 1.54) is 11.8 Å². The maximum Gasteiger partial charge on any atom is 0.328 e. The number of nitrogens with two attached hydrogens (primary N) is 2. The monoisotopic (exact) mass is 467 g/mol. The lowest BCUT2D eigenvalue weighted by Crippen LogP contribution is -2.59. The first-order chi connectivity index (χ1) is 13.9. The van der Waals surface area contributed by atoms with Gasteiger partial charge in [0.15, 0.2) is 6.04 Å². The average Bonchev–Trinajstić information content (AvgIpc) is 2.66. The van der Waals surface area contributed by atoms with E-state index in [1.807, 2.05) is 5.32 Å². The number of aliphatic hydroxyl groups is 1. The molecule has 172 valence electrons. The molecule has 0 aliphatic heterocycles. The number of carbonyl (C=O) groups excluding carboxylic acids is 4. The van der Waals surface area contributed by atoms with Gasteiger partial charge in [-0.1, -0.05) is 0 Å². The van der Waals surface area contributed by atoms with Gasteiger partial charge in [0.25, 0.3) is 0 Å². The van der Waals surface area contributed by atoms with E-state index in [0.29, 0.717) is 5.75 Å². The highest BCUT2D eigenvalue weighted by atomic mass is 32.2. The van der Waals surface area contributed by atoms with Gasteiger partial charge in [0, 0.05) is 5.75 Å². The van der Waals surface area contributed by atoms with E-state index in [-0.39, 0.29) is 12.2 Å². The van der Waals surface area contributed by atoms with Gasteiger partial charge in [-0.25, -0.2) is 4.79 Å². The first-order valence-corrected chi connectivity index (χ1v) is 10.9. The molecule has 0 aromatic carbocycles. The lowest BCUT2D eigenvalue weighted by Gasteiger charge is -2.25. The molecule has 0 aliphatic rings. The van der Waals surface area contributed by atoms with Crippen molar-refractivity contribution < 1.29 is 34.2 Å². The van der Waals surface area contributed by atoms with Crippen molar-refractivity contribution in [3.05, 3.63) is 0 Å². The molecule has 0 aliphatic carbocycles. The summed E-state index contributed by atoms with van der Waals surface area (Å²) >= 11 is 5.34. The predicted molar refractivity (Wildman–Crippen MR) is 114 cm³/mol. The van der Waals surface area contributed by atoms with Crippen LogP contribution in [0.25, 0.3) is 0 Å². The highest BCUT2D eigenvalue weighted by molar-refractivity contribution is 7.98. The molecular weight excluding hydrogens is 438 g/mol. The fourth-order valence-electron chi connectivity index (χ4n) is 2.19. The minimum atomic E-state index is -1.66. The fourth-order valence-corrected chi connectivity index (χ4v) is 2.83. The summed E-state index contributed by atoms with van der Waals surface area (Å²) in [7, 11) is 0. The van der Waals surface area contributed by atoms with Crippen LogP contribution in [0.15, 0.2) is 0 Å². The smallest absolute Gasteiger partial charge is 0.328 e. The topological polar surface area (TPSA) is 214 Å². The average molecular weight is 468 g/mol. The van der Waals surface area contributed by atoms with Crippen LogP contribution in [-0.2, 0) is 24.0 Å². The molecule has 0 rings (SSSR count). The highest BCUT2D eigenvalue weighted by Gasteiger charge is 2.32. The standard InChI is InChI=1S/C16H29N5O7S2/c1-7(22)12(16(27)28)21-15(26)10(5-11(18)23)20-14(25)9(3-4-30-2)19-13(24)8(17)6-29/h7-10,12,22,29H,3-6,17H2,1-2H3,(H2,18,23)(H,19,24)(H,20,25)(H,21,26)(H,27,28). The van der Waals surface area contributed by atoms with E-state index in [0.717, 1.165) is 6.92 Å². The summed E-state index contributed by atoms with van der Waals surface area (Å²) < 4.78 is 0. The zero-order valence-corrected chi connectivity index (χ0v) is 18.4. The number of carboxylic acid groups (broad SMARTS) is 1. The first kappa shape index (κ1) is 28.0. The van der Waals surface area contributed by atoms with Gasteiger partial charge in [-0.2, -0.15) is 24.4 Å². The molecule has 0 aromatic rings. The minimum Gasteiger partial charge on any atom is -0.480 e. The Morgan fingerprint density at radius 3 is 2.00 bits per heavy atom. The molecule has 5 unspecified atom stereocenters. The maximum atomic E-state index is 12.7. The van der Waals surface area contributed by atoms with Crippen molar-refractivity contribution >= 4 is 54.0 Å². The molecule has 30 heavy (non-hydrogen) atoms. The molecule has 0 fully saturated rings. The fraction of sp³-hybridized carbons (Fsp3) is 0.688. The molecule has 0 spiro atoms. The van der Waals surface area contributed by atoms with E-state index in [9.17, 15) is 29.1 Å². The number of rotatable bonds is 14. The van der Waals surface area contributed by atoms with Crippen LogP contribution < -0.4 is 27.4 Å². The van der Waals surface area contributed by atoms with Crippen LogP contribution >= 0.6 is 24.4 Å². The molecule has 9 N–H and O–H groups in total. The Bertz CT molecular complexity index is 635. The van der Waals surface area contributed by atoms with Gasteiger partial charge in [0.1, 0.15) is 12.1 Å². The summed E-state index contributed by atoms with van der Waals surface area (Å²) in [5.74, 6) is -4.33. The minimum absolute atomic E-state index is 0.0470. The molecule has 12 nitrogen and oxygen atoms in total. The third-order valence-corrected chi connectivity index (χ3v) is 4.90. The van der Waals surface area contributed by atoms with Crippen LogP contribution in [0.4, 0.5) is 0 Å². The highest BCUT2D eigenvalue weighted by Crippen LogP contribution is 2.04. The maximum absolute atomic E-state index is 12.7. The zero-order chi connectivity index (χ0) is 23.4. The summed E-state index contributed by atoms with van der Waals surface area (Å²) in [6.45, 7) is 1.15.